The molecular formula is C23H21ClN2O3. The zero-order valence-electron chi connectivity index (χ0n) is 15.7. The lowest BCUT2D eigenvalue weighted by Crippen LogP contribution is -2.37. The Hall–Kier alpha value is -3.31. The van der Waals surface area contributed by atoms with E-state index in [1.54, 1.807) is 24.3 Å². The van der Waals surface area contributed by atoms with E-state index in [0.717, 1.165) is 11.3 Å². The third-order valence-electron chi connectivity index (χ3n) is 4.15. The van der Waals surface area contributed by atoms with Crippen LogP contribution in [-0.2, 0) is 11.2 Å². The first kappa shape index (κ1) is 20.4. The highest BCUT2D eigenvalue weighted by molar-refractivity contribution is 6.30. The molecule has 0 aliphatic rings. The van der Waals surface area contributed by atoms with Crippen LogP contribution in [0.25, 0.3) is 0 Å². The van der Waals surface area contributed by atoms with Gasteiger partial charge in [0, 0.05) is 17.1 Å². The summed E-state index contributed by atoms with van der Waals surface area (Å²) in [5, 5.41) is 6.08. The standard InChI is InChI=1S/C23H21ClN2O3/c24-19-10-6-17(7-11-19)14-15-25-22(27)16-26-23(28)18-8-12-21(13-9-18)29-20-4-2-1-3-5-20/h1-13H,14-16H2,(H,25,27)(H,26,28). The average Bonchev–Trinajstić information content (AvgIpc) is 2.75. The summed E-state index contributed by atoms with van der Waals surface area (Å²) in [5.41, 5.74) is 1.54. The highest BCUT2D eigenvalue weighted by atomic mass is 35.5. The minimum Gasteiger partial charge on any atom is -0.457 e. The summed E-state index contributed by atoms with van der Waals surface area (Å²) in [4.78, 5) is 24.1. The summed E-state index contributed by atoms with van der Waals surface area (Å²) in [6.07, 6.45) is 0.694. The van der Waals surface area contributed by atoms with Crippen LogP contribution in [0, 0.1) is 0 Å². The maximum atomic E-state index is 12.2. The van der Waals surface area contributed by atoms with Crippen molar-refractivity contribution in [2.24, 2.45) is 0 Å². The average molecular weight is 409 g/mol. The molecule has 0 aliphatic carbocycles. The lowest BCUT2D eigenvalue weighted by molar-refractivity contribution is -0.120. The molecule has 0 bridgehead atoms. The predicted octanol–water partition coefficient (Wildman–Crippen LogP) is 4.22. The van der Waals surface area contributed by atoms with Gasteiger partial charge < -0.3 is 15.4 Å². The first-order chi connectivity index (χ1) is 14.1. The molecule has 6 heteroatoms. The highest BCUT2D eigenvalue weighted by Crippen LogP contribution is 2.21. The lowest BCUT2D eigenvalue weighted by Gasteiger charge is -2.08. The van der Waals surface area contributed by atoms with Gasteiger partial charge in [0.1, 0.15) is 11.5 Å². The second-order valence-corrected chi connectivity index (χ2v) is 6.79. The lowest BCUT2D eigenvalue weighted by atomic mass is 10.1. The first-order valence-corrected chi connectivity index (χ1v) is 9.60. The molecule has 2 amide bonds. The third-order valence-corrected chi connectivity index (χ3v) is 4.41. The molecule has 0 saturated carbocycles. The van der Waals surface area contributed by atoms with Gasteiger partial charge in [-0.15, -0.1) is 0 Å². The van der Waals surface area contributed by atoms with Crippen molar-refractivity contribution in [3.63, 3.8) is 0 Å². The maximum absolute atomic E-state index is 12.2. The van der Waals surface area contributed by atoms with Crippen LogP contribution in [0.2, 0.25) is 5.02 Å². The molecule has 3 rings (SSSR count). The van der Waals surface area contributed by atoms with E-state index in [9.17, 15) is 9.59 Å². The van der Waals surface area contributed by atoms with Crippen molar-refractivity contribution >= 4 is 23.4 Å². The highest BCUT2D eigenvalue weighted by Gasteiger charge is 2.08. The molecule has 2 N–H and O–H groups in total. The predicted molar refractivity (Wildman–Crippen MR) is 113 cm³/mol. The van der Waals surface area contributed by atoms with Gasteiger partial charge in [0.25, 0.3) is 5.91 Å². The fraction of sp³-hybridized carbons (Fsp3) is 0.130. The van der Waals surface area contributed by atoms with Gasteiger partial charge >= 0.3 is 0 Å². The van der Waals surface area contributed by atoms with Gasteiger partial charge in [-0.1, -0.05) is 41.9 Å². The van der Waals surface area contributed by atoms with Gasteiger partial charge in [0.05, 0.1) is 6.54 Å². The second kappa shape index (κ2) is 10.3. The van der Waals surface area contributed by atoms with Crippen LogP contribution in [0.15, 0.2) is 78.9 Å². The van der Waals surface area contributed by atoms with Gasteiger partial charge in [-0.2, -0.15) is 0 Å². The van der Waals surface area contributed by atoms with E-state index in [1.807, 2.05) is 54.6 Å². The number of para-hydroxylation sites is 1. The van der Waals surface area contributed by atoms with E-state index < -0.39 is 0 Å². The smallest absolute Gasteiger partial charge is 0.251 e. The zero-order chi connectivity index (χ0) is 20.5. The van der Waals surface area contributed by atoms with Crippen LogP contribution in [0.5, 0.6) is 11.5 Å². The van der Waals surface area contributed by atoms with Crippen LogP contribution >= 0.6 is 11.6 Å². The van der Waals surface area contributed by atoms with Crippen molar-refractivity contribution in [1.82, 2.24) is 10.6 Å². The molecule has 148 valence electrons. The number of hydrogen-bond acceptors (Lipinski definition) is 3. The Kier molecular flexibility index (Phi) is 7.25. The molecule has 0 aromatic heterocycles. The largest absolute Gasteiger partial charge is 0.457 e. The minimum absolute atomic E-state index is 0.0816. The van der Waals surface area contributed by atoms with E-state index in [2.05, 4.69) is 10.6 Å². The van der Waals surface area contributed by atoms with Crippen molar-refractivity contribution in [1.29, 1.82) is 0 Å². The van der Waals surface area contributed by atoms with Gasteiger partial charge in [0.2, 0.25) is 5.91 Å². The molecule has 5 nitrogen and oxygen atoms in total. The van der Waals surface area contributed by atoms with Gasteiger partial charge in [-0.3, -0.25) is 9.59 Å². The van der Waals surface area contributed by atoms with Crippen LogP contribution in [-0.4, -0.2) is 24.9 Å². The quantitative estimate of drug-likeness (QED) is 0.586. The van der Waals surface area contributed by atoms with Gasteiger partial charge in [-0.25, -0.2) is 0 Å². The Morgan fingerprint density at radius 2 is 1.45 bits per heavy atom. The van der Waals surface area contributed by atoms with Gasteiger partial charge in [-0.05, 0) is 60.5 Å². The van der Waals surface area contributed by atoms with E-state index in [0.29, 0.717) is 29.3 Å². The molecule has 3 aromatic carbocycles. The summed E-state index contributed by atoms with van der Waals surface area (Å²) in [6.45, 7) is 0.406. The number of nitrogens with one attached hydrogen (secondary N) is 2. The van der Waals surface area contributed by atoms with E-state index in [4.69, 9.17) is 16.3 Å². The Bertz CT molecular complexity index is 942. The molecule has 0 radical (unpaired) electrons. The second-order valence-electron chi connectivity index (χ2n) is 6.35. The van der Waals surface area contributed by atoms with E-state index in [1.165, 1.54) is 0 Å². The maximum Gasteiger partial charge on any atom is 0.251 e. The number of amides is 2. The SMILES string of the molecule is O=C(CNC(=O)c1ccc(Oc2ccccc2)cc1)NCCc1ccc(Cl)cc1. The van der Waals surface area contributed by atoms with E-state index in [-0.39, 0.29) is 18.4 Å². The number of halogens is 1. The summed E-state index contributed by atoms with van der Waals surface area (Å²) in [6, 6.07) is 23.6. The molecule has 29 heavy (non-hydrogen) atoms. The summed E-state index contributed by atoms with van der Waals surface area (Å²) >= 11 is 5.85. The number of rotatable bonds is 8. The molecular weight excluding hydrogens is 388 g/mol. The fourth-order valence-electron chi connectivity index (χ4n) is 2.62. The monoisotopic (exact) mass is 408 g/mol. The van der Waals surface area contributed by atoms with Crippen molar-refractivity contribution < 1.29 is 14.3 Å². The molecule has 0 atom stereocenters. The Labute approximate surface area is 174 Å². The fourth-order valence-corrected chi connectivity index (χ4v) is 2.75. The van der Waals surface area contributed by atoms with Gasteiger partial charge in [0.15, 0.2) is 0 Å². The summed E-state index contributed by atoms with van der Waals surface area (Å²) < 4.78 is 5.70. The van der Waals surface area contributed by atoms with Crippen molar-refractivity contribution in [2.45, 2.75) is 6.42 Å². The topological polar surface area (TPSA) is 67.4 Å². The third kappa shape index (κ3) is 6.66. The Morgan fingerprint density at radius 1 is 0.793 bits per heavy atom. The van der Waals surface area contributed by atoms with Crippen molar-refractivity contribution in [3.8, 4) is 11.5 Å². The molecule has 3 aromatic rings. The normalized spacial score (nSPS) is 10.2. The number of hydrogen-bond donors (Lipinski definition) is 2. The van der Waals surface area contributed by atoms with Crippen molar-refractivity contribution in [3.05, 3.63) is 95.0 Å². The molecule has 0 saturated heterocycles. The van der Waals surface area contributed by atoms with Crippen LogP contribution in [0.4, 0.5) is 0 Å². The summed E-state index contributed by atoms with van der Waals surface area (Å²) in [5.74, 6) is 0.799. The number of ether oxygens (including phenoxy) is 1. The molecule has 0 spiro atoms. The first-order valence-electron chi connectivity index (χ1n) is 9.22. The van der Waals surface area contributed by atoms with E-state index >= 15 is 0 Å². The molecule has 0 heterocycles. The van der Waals surface area contributed by atoms with Crippen LogP contribution in [0.3, 0.4) is 0 Å². The van der Waals surface area contributed by atoms with Crippen molar-refractivity contribution in [2.75, 3.05) is 13.1 Å². The minimum atomic E-state index is -0.316. The number of benzene rings is 3. The molecule has 0 unspecified atom stereocenters. The van der Waals surface area contributed by atoms with Crippen LogP contribution < -0.4 is 15.4 Å². The zero-order valence-corrected chi connectivity index (χ0v) is 16.5. The number of carbonyl (C=O) groups excluding carboxylic acids is 2. The Morgan fingerprint density at radius 3 is 2.14 bits per heavy atom. The number of carbonyl (C=O) groups is 2. The molecule has 0 fully saturated rings. The summed E-state index contributed by atoms with van der Waals surface area (Å²) in [7, 11) is 0. The Balaban J connectivity index is 1.40. The molecule has 0 aliphatic heterocycles. The van der Waals surface area contributed by atoms with Crippen LogP contribution in [0.1, 0.15) is 15.9 Å².